The summed E-state index contributed by atoms with van der Waals surface area (Å²) in [5, 5.41) is 2.56. The summed E-state index contributed by atoms with van der Waals surface area (Å²) in [5.74, 6) is 0.787. The van der Waals surface area contributed by atoms with E-state index in [9.17, 15) is 9.36 Å². The third-order valence-corrected chi connectivity index (χ3v) is 4.20. The SMILES string of the molecule is C=C1NC(=O)C=CN1[C@@H]1O[C@H](/C=C/P(=O)(O)O)[C@H](OC(C)C)C1OC. The van der Waals surface area contributed by atoms with Crippen LogP contribution in [0, 0.1) is 0 Å². The lowest BCUT2D eigenvalue weighted by molar-refractivity contribution is -0.118. The minimum Gasteiger partial charge on any atom is -0.374 e. The zero-order valence-electron chi connectivity index (χ0n) is 14.2. The van der Waals surface area contributed by atoms with E-state index in [-0.39, 0.29) is 12.0 Å². The first kappa shape index (κ1) is 19.8. The van der Waals surface area contributed by atoms with Crippen LogP contribution >= 0.6 is 7.60 Å². The lowest BCUT2D eigenvalue weighted by atomic mass is 10.1. The summed E-state index contributed by atoms with van der Waals surface area (Å²) >= 11 is 0. The van der Waals surface area contributed by atoms with Crippen LogP contribution in [-0.4, -0.2) is 58.3 Å². The fourth-order valence-electron chi connectivity index (χ4n) is 2.69. The van der Waals surface area contributed by atoms with Crippen molar-refractivity contribution in [3.8, 4) is 0 Å². The topological polar surface area (TPSA) is 118 Å². The van der Waals surface area contributed by atoms with E-state index >= 15 is 0 Å². The molecule has 2 heterocycles. The van der Waals surface area contributed by atoms with Crippen LogP contribution in [0.25, 0.3) is 0 Å². The van der Waals surface area contributed by atoms with Crippen molar-refractivity contribution in [3.63, 3.8) is 0 Å². The first-order chi connectivity index (χ1) is 11.6. The molecule has 140 valence electrons. The third kappa shape index (κ3) is 5.01. The van der Waals surface area contributed by atoms with E-state index in [1.54, 1.807) is 4.90 Å². The van der Waals surface area contributed by atoms with Crippen molar-refractivity contribution in [2.75, 3.05) is 7.11 Å². The summed E-state index contributed by atoms with van der Waals surface area (Å²) in [6.45, 7) is 7.45. The van der Waals surface area contributed by atoms with Gasteiger partial charge in [-0.25, -0.2) is 0 Å². The van der Waals surface area contributed by atoms with Crippen molar-refractivity contribution in [2.24, 2.45) is 0 Å². The highest BCUT2D eigenvalue weighted by molar-refractivity contribution is 7.55. The van der Waals surface area contributed by atoms with Gasteiger partial charge in [0, 0.05) is 25.2 Å². The Morgan fingerprint density at radius 1 is 1.44 bits per heavy atom. The van der Waals surface area contributed by atoms with Crippen LogP contribution < -0.4 is 5.32 Å². The van der Waals surface area contributed by atoms with Crippen LogP contribution in [-0.2, 0) is 23.6 Å². The smallest absolute Gasteiger partial charge is 0.348 e. The van der Waals surface area contributed by atoms with Crippen molar-refractivity contribution >= 4 is 13.5 Å². The second-order valence-corrected chi connectivity index (χ2v) is 7.41. The molecule has 25 heavy (non-hydrogen) atoms. The van der Waals surface area contributed by atoms with E-state index in [2.05, 4.69) is 11.9 Å². The maximum Gasteiger partial charge on any atom is 0.348 e. The number of carbonyl (C=O) groups excluding carboxylic acids is 1. The molecule has 0 aromatic rings. The molecule has 0 radical (unpaired) electrons. The maximum absolute atomic E-state index is 11.4. The van der Waals surface area contributed by atoms with Crippen molar-refractivity contribution in [1.82, 2.24) is 10.2 Å². The molecule has 2 rings (SSSR count). The summed E-state index contributed by atoms with van der Waals surface area (Å²) in [5.41, 5.74) is 0. The average molecular weight is 374 g/mol. The fraction of sp³-hybridized carbons (Fsp3) is 0.533. The third-order valence-electron chi connectivity index (χ3n) is 3.64. The number of hydrogen-bond donors (Lipinski definition) is 3. The number of rotatable bonds is 6. The van der Waals surface area contributed by atoms with Gasteiger partial charge in [-0.1, -0.05) is 6.58 Å². The van der Waals surface area contributed by atoms with Gasteiger partial charge in [0.1, 0.15) is 24.1 Å². The van der Waals surface area contributed by atoms with Crippen molar-refractivity contribution in [3.05, 3.63) is 36.6 Å². The number of carbonyl (C=O) groups is 1. The maximum atomic E-state index is 11.4. The molecule has 3 N–H and O–H groups in total. The molecule has 0 aromatic heterocycles. The highest BCUT2D eigenvalue weighted by Crippen LogP contribution is 2.38. The zero-order chi connectivity index (χ0) is 18.8. The molecule has 2 aliphatic rings. The Balaban J connectivity index is 2.30. The molecule has 1 fully saturated rings. The van der Waals surface area contributed by atoms with Gasteiger partial charge < -0.3 is 34.2 Å². The normalized spacial score (nSPS) is 30.6. The molecule has 0 aromatic carbocycles. The molecule has 0 aliphatic carbocycles. The van der Waals surface area contributed by atoms with E-state index in [0.717, 1.165) is 5.82 Å². The molecule has 1 saturated heterocycles. The van der Waals surface area contributed by atoms with E-state index < -0.39 is 32.1 Å². The van der Waals surface area contributed by atoms with Crippen molar-refractivity contribution in [2.45, 2.75) is 44.5 Å². The predicted octanol–water partition coefficient (Wildman–Crippen LogP) is 0.628. The molecule has 4 atom stereocenters. The average Bonchev–Trinajstić information content (AvgIpc) is 2.81. The lowest BCUT2D eigenvalue weighted by Crippen LogP contribution is -2.47. The summed E-state index contributed by atoms with van der Waals surface area (Å²) in [6, 6.07) is 0. The van der Waals surface area contributed by atoms with Crippen LogP contribution in [0.4, 0.5) is 0 Å². The Labute approximate surface area is 146 Å². The van der Waals surface area contributed by atoms with Gasteiger partial charge in [-0.15, -0.1) is 0 Å². The molecule has 9 nitrogen and oxygen atoms in total. The quantitative estimate of drug-likeness (QED) is 0.580. The molecule has 0 saturated carbocycles. The van der Waals surface area contributed by atoms with Crippen molar-refractivity contribution < 1.29 is 33.4 Å². The largest absolute Gasteiger partial charge is 0.374 e. The van der Waals surface area contributed by atoms with Gasteiger partial charge in [0.05, 0.1) is 6.10 Å². The minimum absolute atomic E-state index is 0.157. The number of methoxy groups -OCH3 is 1. The summed E-state index contributed by atoms with van der Waals surface area (Å²) < 4.78 is 28.4. The highest BCUT2D eigenvalue weighted by Gasteiger charge is 2.48. The predicted molar refractivity (Wildman–Crippen MR) is 88.9 cm³/mol. The molecular formula is C15H23N2O7P. The minimum atomic E-state index is -4.34. The van der Waals surface area contributed by atoms with Crippen LogP contribution in [0.15, 0.2) is 36.6 Å². The number of nitrogens with zero attached hydrogens (tertiary/aromatic N) is 1. The first-order valence-corrected chi connectivity index (χ1v) is 9.35. The van der Waals surface area contributed by atoms with Crippen LogP contribution in [0.2, 0.25) is 0 Å². The molecule has 0 spiro atoms. The van der Waals surface area contributed by atoms with Crippen LogP contribution in [0.1, 0.15) is 13.8 Å². The fourth-order valence-corrected chi connectivity index (χ4v) is 3.08. The molecule has 2 aliphatic heterocycles. The molecular weight excluding hydrogens is 351 g/mol. The van der Waals surface area contributed by atoms with E-state index in [0.29, 0.717) is 5.82 Å². The van der Waals surface area contributed by atoms with Gasteiger partial charge in [-0.05, 0) is 19.9 Å². The van der Waals surface area contributed by atoms with Gasteiger partial charge in [0.2, 0.25) is 0 Å². The Morgan fingerprint density at radius 3 is 2.64 bits per heavy atom. The van der Waals surface area contributed by atoms with Crippen LogP contribution in [0.3, 0.4) is 0 Å². The van der Waals surface area contributed by atoms with E-state index in [4.69, 9.17) is 24.0 Å². The summed E-state index contributed by atoms with van der Waals surface area (Å²) in [6.07, 6.45) is 1.33. The molecule has 1 amide bonds. The molecule has 0 bridgehead atoms. The lowest BCUT2D eigenvalue weighted by Gasteiger charge is -2.34. The Morgan fingerprint density at radius 2 is 2.12 bits per heavy atom. The van der Waals surface area contributed by atoms with Gasteiger partial charge in [-0.2, -0.15) is 0 Å². The van der Waals surface area contributed by atoms with Gasteiger partial charge in [0.25, 0.3) is 5.91 Å². The van der Waals surface area contributed by atoms with Gasteiger partial charge in [0.15, 0.2) is 6.23 Å². The molecule has 1 unspecified atom stereocenters. The Hall–Kier alpha value is -1.48. The van der Waals surface area contributed by atoms with Gasteiger partial charge >= 0.3 is 7.60 Å². The monoisotopic (exact) mass is 374 g/mol. The number of amides is 1. The van der Waals surface area contributed by atoms with Crippen LogP contribution in [0.5, 0.6) is 0 Å². The Kier molecular flexibility index (Phi) is 6.21. The second-order valence-electron chi connectivity index (χ2n) is 5.93. The van der Waals surface area contributed by atoms with E-state index in [1.165, 1.54) is 25.5 Å². The van der Waals surface area contributed by atoms with Gasteiger partial charge in [-0.3, -0.25) is 9.36 Å². The first-order valence-electron chi connectivity index (χ1n) is 7.67. The van der Waals surface area contributed by atoms with E-state index in [1.807, 2.05) is 13.8 Å². The second kappa shape index (κ2) is 7.82. The number of hydrogen-bond acceptors (Lipinski definition) is 6. The standard InChI is InChI=1S/C15H23N2O7P/c1-9(2)23-13-11(6-8-25(19,20)21)24-15(14(13)22-4)17-7-5-12(18)16-10(17)3/h5-9,11,13-15H,3H2,1-2,4H3,(H,16,18)(H2,19,20,21)/b8-6+/t11-,13+,14?,15-/m1/s1. The van der Waals surface area contributed by atoms with Crippen molar-refractivity contribution in [1.29, 1.82) is 0 Å². The highest BCUT2D eigenvalue weighted by atomic mass is 31.2. The number of nitrogens with one attached hydrogen (secondary N) is 1. The zero-order valence-corrected chi connectivity index (χ0v) is 15.1. The number of ether oxygens (including phenoxy) is 3. The Bertz CT molecular complexity index is 627. The summed E-state index contributed by atoms with van der Waals surface area (Å²) in [4.78, 5) is 31.1. The molecule has 10 heteroatoms. The summed E-state index contributed by atoms with van der Waals surface area (Å²) in [7, 11) is -2.85.